The lowest BCUT2D eigenvalue weighted by Gasteiger charge is -2.22. The first-order chi connectivity index (χ1) is 7.38. The highest BCUT2D eigenvalue weighted by Crippen LogP contribution is 2.14. The van der Waals surface area contributed by atoms with Crippen LogP contribution in [-0.2, 0) is 15.9 Å². The van der Waals surface area contributed by atoms with Gasteiger partial charge in [0, 0.05) is 6.42 Å². The van der Waals surface area contributed by atoms with Crippen molar-refractivity contribution in [3.63, 3.8) is 0 Å². The van der Waals surface area contributed by atoms with Crippen LogP contribution in [0, 0.1) is 0 Å². The van der Waals surface area contributed by atoms with E-state index in [2.05, 4.69) is 12.1 Å². The van der Waals surface area contributed by atoms with Crippen molar-refractivity contribution in [3.8, 4) is 5.75 Å². The summed E-state index contributed by atoms with van der Waals surface area (Å²) < 4.78 is 16.0. The summed E-state index contributed by atoms with van der Waals surface area (Å²) in [6.07, 6.45) is 1.11. The molecule has 15 heavy (non-hydrogen) atoms. The van der Waals surface area contributed by atoms with E-state index in [9.17, 15) is 0 Å². The normalized spacial score (nSPS) is 21.3. The maximum absolute atomic E-state index is 5.58. The maximum Gasteiger partial charge on any atom is 0.118 e. The Morgan fingerprint density at radius 3 is 2.67 bits per heavy atom. The predicted octanol–water partition coefficient (Wildman–Crippen LogP) is 1.65. The molecule has 2 rings (SSSR count). The van der Waals surface area contributed by atoms with Crippen LogP contribution < -0.4 is 4.74 Å². The predicted molar refractivity (Wildman–Crippen MR) is 57.3 cm³/mol. The SMILES string of the molecule is COc1ccc(CC2COCCO2)cc1. The summed E-state index contributed by atoms with van der Waals surface area (Å²) in [4.78, 5) is 0. The van der Waals surface area contributed by atoms with Crippen LogP contribution in [0.2, 0.25) is 0 Å². The van der Waals surface area contributed by atoms with Gasteiger partial charge in [0.1, 0.15) is 5.75 Å². The second kappa shape index (κ2) is 5.14. The summed E-state index contributed by atoms with van der Waals surface area (Å²) in [5.41, 5.74) is 1.26. The molecule has 0 aliphatic carbocycles. The van der Waals surface area contributed by atoms with Gasteiger partial charge in [-0.05, 0) is 17.7 Å². The molecule has 0 radical (unpaired) electrons. The zero-order valence-corrected chi connectivity index (χ0v) is 8.94. The fourth-order valence-corrected chi connectivity index (χ4v) is 1.68. The van der Waals surface area contributed by atoms with E-state index in [1.807, 2.05) is 12.1 Å². The van der Waals surface area contributed by atoms with Crippen molar-refractivity contribution in [2.75, 3.05) is 26.9 Å². The Labute approximate surface area is 90.0 Å². The molecule has 0 spiro atoms. The van der Waals surface area contributed by atoms with Gasteiger partial charge in [0.2, 0.25) is 0 Å². The third-order valence-corrected chi connectivity index (χ3v) is 2.51. The summed E-state index contributed by atoms with van der Waals surface area (Å²) in [6, 6.07) is 8.08. The molecule has 1 aliphatic rings. The highest BCUT2D eigenvalue weighted by Gasteiger charge is 2.14. The average molecular weight is 208 g/mol. The molecule has 0 amide bonds. The van der Waals surface area contributed by atoms with Gasteiger partial charge in [-0.3, -0.25) is 0 Å². The molecular formula is C12H16O3. The Hall–Kier alpha value is -1.06. The molecule has 0 bridgehead atoms. The standard InChI is InChI=1S/C12H16O3/c1-13-11-4-2-10(3-5-11)8-12-9-14-6-7-15-12/h2-5,12H,6-9H2,1H3. The lowest BCUT2D eigenvalue weighted by molar-refractivity contribution is -0.0872. The summed E-state index contributed by atoms with van der Waals surface area (Å²) in [6.45, 7) is 2.13. The van der Waals surface area contributed by atoms with Crippen molar-refractivity contribution in [1.29, 1.82) is 0 Å². The summed E-state index contributed by atoms with van der Waals surface area (Å²) >= 11 is 0. The molecule has 0 saturated carbocycles. The van der Waals surface area contributed by atoms with Crippen molar-refractivity contribution in [3.05, 3.63) is 29.8 Å². The second-order valence-corrected chi connectivity index (χ2v) is 3.62. The van der Waals surface area contributed by atoms with E-state index in [-0.39, 0.29) is 6.10 Å². The fraction of sp³-hybridized carbons (Fsp3) is 0.500. The first-order valence-electron chi connectivity index (χ1n) is 5.21. The van der Waals surface area contributed by atoms with Crippen LogP contribution in [0.3, 0.4) is 0 Å². The Morgan fingerprint density at radius 1 is 1.27 bits per heavy atom. The summed E-state index contributed by atoms with van der Waals surface area (Å²) in [5, 5.41) is 0. The van der Waals surface area contributed by atoms with E-state index in [1.165, 1.54) is 5.56 Å². The van der Waals surface area contributed by atoms with Crippen LogP contribution >= 0.6 is 0 Å². The van der Waals surface area contributed by atoms with Crippen molar-refractivity contribution < 1.29 is 14.2 Å². The number of hydrogen-bond acceptors (Lipinski definition) is 3. The highest BCUT2D eigenvalue weighted by molar-refractivity contribution is 5.27. The zero-order valence-electron chi connectivity index (χ0n) is 8.94. The minimum absolute atomic E-state index is 0.201. The van der Waals surface area contributed by atoms with Crippen LogP contribution in [0.5, 0.6) is 5.75 Å². The van der Waals surface area contributed by atoms with Gasteiger partial charge in [-0.2, -0.15) is 0 Å². The topological polar surface area (TPSA) is 27.7 Å². The Balaban J connectivity index is 1.91. The lowest BCUT2D eigenvalue weighted by Crippen LogP contribution is -2.30. The number of benzene rings is 1. The number of hydrogen-bond donors (Lipinski definition) is 0. The average Bonchev–Trinajstić information content (AvgIpc) is 2.31. The van der Waals surface area contributed by atoms with Gasteiger partial charge in [0.25, 0.3) is 0 Å². The molecule has 1 fully saturated rings. The molecule has 0 N–H and O–H groups in total. The minimum Gasteiger partial charge on any atom is -0.497 e. The van der Waals surface area contributed by atoms with E-state index in [1.54, 1.807) is 7.11 Å². The molecular weight excluding hydrogens is 192 g/mol. The molecule has 1 aromatic rings. The van der Waals surface area contributed by atoms with Crippen LogP contribution in [0.25, 0.3) is 0 Å². The first-order valence-corrected chi connectivity index (χ1v) is 5.21. The van der Waals surface area contributed by atoms with Crippen LogP contribution in [0.15, 0.2) is 24.3 Å². The quantitative estimate of drug-likeness (QED) is 0.756. The van der Waals surface area contributed by atoms with Crippen molar-refractivity contribution in [2.45, 2.75) is 12.5 Å². The van der Waals surface area contributed by atoms with Crippen molar-refractivity contribution >= 4 is 0 Å². The van der Waals surface area contributed by atoms with E-state index in [0.717, 1.165) is 18.8 Å². The third kappa shape index (κ3) is 2.94. The monoisotopic (exact) mass is 208 g/mol. The van der Waals surface area contributed by atoms with Gasteiger partial charge in [-0.1, -0.05) is 12.1 Å². The van der Waals surface area contributed by atoms with E-state index in [4.69, 9.17) is 14.2 Å². The Kier molecular flexibility index (Phi) is 3.59. The number of methoxy groups -OCH3 is 1. The van der Waals surface area contributed by atoms with Gasteiger partial charge in [0.15, 0.2) is 0 Å². The Morgan fingerprint density at radius 2 is 2.07 bits per heavy atom. The molecule has 1 atom stereocenters. The summed E-state index contributed by atoms with van der Waals surface area (Å²) in [5.74, 6) is 0.888. The highest BCUT2D eigenvalue weighted by atomic mass is 16.6. The summed E-state index contributed by atoms with van der Waals surface area (Å²) in [7, 11) is 1.67. The van der Waals surface area contributed by atoms with Crippen molar-refractivity contribution in [1.82, 2.24) is 0 Å². The van der Waals surface area contributed by atoms with E-state index >= 15 is 0 Å². The third-order valence-electron chi connectivity index (χ3n) is 2.51. The maximum atomic E-state index is 5.58. The molecule has 0 aromatic heterocycles. The lowest BCUT2D eigenvalue weighted by atomic mass is 10.1. The van der Waals surface area contributed by atoms with Gasteiger partial charge in [0.05, 0.1) is 33.0 Å². The zero-order chi connectivity index (χ0) is 10.5. The molecule has 3 nitrogen and oxygen atoms in total. The number of ether oxygens (including phenoxy) is 3. The first kappa shape index (κ1) is 10.5. The van der Waals surface area contributed by atoms with Crippen LogP contribution in [0.1, 0.15) is 5.56 Å². The van der Waals surface area contributed by atoms with Gasteiger partial charge in [-0.15, -0.1) is 0 Å². The fourth-order valence-electron chi connectivity index (χ4n) is 1.68. The minimum atomic E-state index is 0.201. The molecule has 1 aliphatic heterocycles. The van der Waals surface area contributed by atoms with Gasteiger partial charge >= 0.3 is 0 Å². The van der Waals surface area contributed by atoms with Crippen molar-refractivity contribution in [2.24, 2.45) is 0 Å². The van der Waals surface area contributed by atoms with Crippen LogP contribution in [-0.4, -0.2) is 33.0 Å². The molecule has 82 valence electrons. The van der Waals surface area contributed by atoms with Gasteiger partial charge < -0.3 is 14.2 Å². The largest absolute Gasteiger partial charge is 0.497 e. The molecule has 3 heteroatoms. The number of rotatable bonds is 3. The second-order valence-electron chi connectivity index (χ2n) is 3.62. The van der Waals surface area contributed by atoms with Gasteiger partial charge in [-0.25, -0.2) is 0 Å². The molecule has 1 aromatic carbocycles. The van der Waals surface area contributed by atoms with E-state index < -0.39 is 0 Å². The molecule has 1 heterocycles. The van der Waals surface area contributed by atoms with E-state index in [0.29, 0.717) is 13.2 Å². The molecule has 1 saturated heterocycles. The van der Waals surface area contributed by atoms with Crippen LogP contribution in [0.4, 0.5) is 0 Å². The molecule has 1 unspecified atom stereocenters. The Bertz CT molecular complexity index is 288. The smallest absolute Gasteiger partial charge is 0.118 e.